The molecule has 0 amide bonds. The van der Waals surface area contributed by atoms with Crippen LogP contribution < -0.4 is 0 Å². The molecule has 0 aromatic carbocycles. The van der Waals surface area contributed by atoms with Gasteiger partial charge in [-0.25, -0.2) is 4.78 Å². The summed E-state index contributed by atoms with van der Waals surface area (Å²) in [5.74, 6) is 1.18. The van der Waals surface area contributed by atoms with Gasteiger partial charge in [-0.15, -0.1) is 11.8 Å². The van der Waals surface area contributed by atoms with Gasteiger partial charge in [-0.2, -0.15) is 0 Å². The average Bonchev–Trinajstić information content (AvgIpc) is 2.24. The summed E-state index contributed by atoms with van der Waals surface area (Å²) in [4.78, 5) is 0. The van der Waals surface area contributed by atoms with Gasteiger partial charge in [0, 0.05) is 12.4 Å². The molecule has 1 aliphatic heterocycles. The second kappa shape index (κ2) is 5.18. The molecular formula is C4H8N2S2. The third-order valence-corrected chi connectivity index (χ3v) is 1.87. The summed E-state index contributed by atoms with van der Waals surface area (Å²) in [6.45, 7) is 0. The minimum Gasteiger partial charge on any atom is -0.298 e. The monoisotopic (exact) mass is 148 g/mol. The fourth-order valence-corrected chi connectivity index (χ4v) is 1.32. The molecule has 2 N–H and O–H groups in total. The molecular weight excluding hydrogens is 140 g/mol. The predicted molar refractivity (Wildman–Crippen MR) is 39.5 cm³/mol. The molecule has 0 atom stereocenters. The Hall–Kier alpha value is 0.0400. The standard InChI is InChI=1S/C4H7NS.HNS/c5-4-2-1-3-6-4;1-2/h5H,1-3H2;1H. The van der Waals surface area contributed by atoms with Gasteiger partial charge < -0.3 is 0 Å². The normalized spacial score (nSPS) is 17.2. The first-order valence-corrected chi connectivity index (χ1v) is 3.69. The highest BCUT2D eigenvalue weighted by Crippen LogP contribution is 2.17. The lowest BCUT2D eigenvalue weighted by atomic mass is 10.4. The molecule has 4 heteroatoms. The van der Waals surface area contributed by atoms with Gasteiger partial charge in [-0.3, -0.25) is 5.41 Å². The van der Waals surface area contributed by atoms with Crippen LogP contribution in [0.2, 0.25) is 0 Å². The molecule has 1 fully saturated rings. The molecule has 0 aliphatic carbocycles. The third-order valence-electron chi connectivity index (χ3n) is 0.824. The van der Waals surface area contributed by atoms with Gasteiger partial charge in [-0.05, 0) is 18.6 Å². The molecule has 2 nitrogen and oxygen atoms in total. The van der Waals surface area contributed by atoms with Gasteiger partial charge >= 0.3 is 0 Å². The summed E-state index contributed by atoms with van der Waals surface area (Å²) >= 11 is 5.01. The van der Waals surface area contributed by atoms with Crippen LogP contribution in [-0.2, 0) is 12.4 Å². The van der Waals surface area contributed by atoms with Crippen molar-refractivity contribution in [3.8, 4) is 0 Å². The van der Waals surface area contributed by atoms with Crippen molar-refractivity contribution in [2.24, 2.45) is 0 Å². The van der Waals surface area contributed by atoms with Crippen molar-refractivity contribution < 1.29 is 0 Å². The van der Waals surface area contributed by atoms with Crippen LogP contribution in [0.3, 0.4) is 0 Å². The molecule has 46 valence electrons. The smallest absolute Gasteiger partial charge is 0.0641 e. The van der Waals surface area contributed by atoms with Crippen LogP contribution in [0.5, 0.6) is 0 Å². The summed E-state index contributed by atoms with van der Waals surface area (Å²) in [6, 6.07) is 0. The van der Waals surface area contributed by atoms with E-state index in [-0.39, 0.29) is 0 Å². The Balaban J connectivity index is 0.000000222. The topological polar surface area (TPSA) is 47.7 Å². The van der Waals surface area contributed by atoms with E-state index >= 15 is 0 Å². The molecule has 1 saturated heterocycles. The molecule has 0 spiro atoms. The lowest BCUT2D eigenvalue weighted by Crippen LogP contribution is -1.73. The summed E-state index contributed by atoms with van der Waals surface area (Å²) in [7, 11) is 0. The summed E-state index contributed by atoms with van der Waals surface area (Å²) < 4.78 is 5.33. The minimum absolute atomic E-state index is 0.870. The number of nitrogens with one attached hydrogen (secondary N) is 2. The summed E-state index contributed by atoms with van der Waals surface area (Å²) in [5, 5.41) is 7.88. The minimum atomic E-state index is 0.870. The molecule has 1 heterocycles. The lowest BCUT2D eigenvalue weighted by Gasteiger charge is -1.77. The SMILES string of the molecule is N=C1CCCS1.N=S. The van der Waals surface area contributed by atoms with E-state index in [0.717, 1.165) is 11.5 Å². The van der Waals surface area contributed by atoms with Crippen molar-refractivity contribution in [2.45, 2.75) is 12.8 Å². The van der Waals surface area contributed by atoms with Gasteiger partial charge in [0.25, 0.3) is 0 Å². The Morgan fingerprint density at radius 3 is 2.25 bits per heavy atom. The average molecular weight is 148 g/mol. The Bertz CT molecular complexity index is 76.1. The van der Waals surface area contributed by atoms with Crippen LogP contribution in [0, 0.1) is 10.2 Å². The maximum absolute atomic E-state index is 7.01. The maximum Gasteiger partial charge on any atom is 0.0641 e. The van der Waals surface area contributed by atoms with Crippen molar-refractivity contribution in [2.75, 3.05) is 5.75 Å². The van der Waals surface area contributed by atoms with E-state index < -0.39 is 0 Å². The van der Waals surface area contributed by atoms with Crippen LogP contribution in [-0.4, -0.2) is 10.8 Å². The maximum atomic E-state index is 7.01. The fraction of sp³-hybridized carbons (Fsp3) is 0.750. The molecule has 0 unspecified atom stereocenters. The predicted octanol–water partition coefficient (Wildman–Crippen LogP) is 1.79. The Labute approximate surface area is 58.5 Å². The van der Waals surface area contributed by atoms with Crippen molar-refractivity contribution >= 4 is 29.2 Å². The van der Waals surface area contributed by atoms with E-state index in [4.69, 9.17) is 10.2 Å². The fourth-order valence-electron chi connectivity index (χ4n) is 0.500. The highest BCUT2D eigenvalue weighted by molar-refractivity contribution is 8.14. The van der Waals surface area contributed by atoms with Gasteiger partial charge in [-0.1, -0.05) is 0 Å². The van der Waals surface area contributed by atoms with E-state index in [2.05, 4.69) is 12.4 Å². The molecule has 1 aliphatic rings. The first-order valence-electron chi connectivity index (χ1n) is 2.30. The number of thioether (sulfide) groups is 1. The number of rotatable bonds is 0. The molecule has 0 aromatic rings. The van der Waals surface area contributed by atoms with E-state index in [9.17, 15) is 0 Å². The van der Waals surface area contributed by atoms with E-state index in [1.165, 1.54) is 12.2 Å². The van der Waals surface area contributed by atoms with Crippen LogP contribution in [0.15, 0.2) is 0 Å². The first-order chi connectivity index (χ1) is 3.89. The van der Waals surface area contributed by atoms with E-state index in [0.29, 0.717) is 0 Å². The molecule has 0 saturated carbocycles. The van der Waals surface area contributed by atoms with Crippen LogP contribution in [0.25, 0.3) is 0 Å². The Kier molecular flexibility index (Phi) is 5.21. The van der Waals surface area contributed by atoms with Crippen molar-refractivity contribution in [3.05, 3.63) is 0 Å². The quantitative estimate of drug-likeness (QED) is 0.550. The second-order valence-electron chi connectivity index (χ2n) is 1.38. The largest absolute Gasteiger partial charge is 0.298 e. The number of hydrogen-bond acceptors (Lipinski definition) is 4. The van der Waals surface area contributed by atoms with E-state index in [1.54, 1.807) is 11.8 Å². The molecule has 8 heavy (non-hydrogen) atoms. The third kappa shape index (κ3) is 3.10. The lowest BCUT2D eigenvalue weighted by molar-refractivity contribution is 1.04. The molecule has 0 radical (unpaired) electrons. The van der Waals surface area contributed by atoms with Gasteiger partial charge in [0.05, 0.1) is 5.04 Å². The zero-order valence-electron chi connectivity index (χ0n) is 4.44. The summed E-state index contributed by atoms with van der Waals surface area (Å²) in [6.07, 6.45) is 2.26. The molecule has 1 rings (SSSR count). The van der Waals surface area contributed by atoms with Crippen LogP contribution in [0.4, 0.5) is 0 Å². The van der Waals surface area contributed by atoms with E-state index in [1.807, 2.05) is 0 Å². The molecule has 0 bridgehead atoms. The summed E-state index contributed by atoms with van der Waals surface area (Å²) in [5.41, 5.74) is 0. The second-order valence-corrected chi connectivity index (χ2v) is 2.56. The van der Waals surface area contributed by atoms with Crippen LogP contribution >= 0.6 is 11.8 Å². The van der Waals surface area contributed by atoms with Gasteiger partial charge in [0.1, 0.15) is 0 Å². The zero-order valence-corrected chi connectivity index (χ0v) is 6.07. The van der Waals surface area contributed by atoms with Gasteiger partial charge in [0.2, 0.25) is 0 Å². The van der Waals surface area contributed by atoms with Gasteiger partial charge in [0.15, 0.2) is 0 Å². The van der Waals surface area contributed by atoms with Crippen molar-refractivity contribution in [1.29, 1.82) is 10.2 Å². The van der Waals surface area contributed by atoms with Crippen LogP contribution in [0.1, 0.15) is 12.8 Å². The molecule has 0 aromatic heterocycles. The zero-order chi connectivity index (χ0) is 6.41. The Morgan fingerprint density at radius 1 is 1.50 bits per heavy atom. The van der Waals surface area contributed by atoms with Crippen molar-refractivity contribution in [3.63, 3.8) is 0 Å². The Morgan fingerprint density at radius 2 is 2.12 bits per heavy atom. The highest BCUT2D eigenvalue weighted by atomic mass is 32.2. The van der Waals surface area contributed by atoms with Crippen molar-refractivity contribution in [1.82, 2.24) is 0 Å². The first kappa shape index (κ1) is 8.04. The number of hydrogen-bond donors (Lipinski definition) is 2. The highest BCUT2D eigenvalue weighted by Gasteiger charge is 2.04.